The molecule has 0 fully saturated rings. The molecule has 0 heterocycles. The minimum Gasteiger partial charge on any atom is -0.489 e. The summed E-state index contributed by atoms with van der Waals surface area (Å²) < 4.78 is 18.4. The Hall–Kier alpha value is -2.10. The van der Waals surface area contributed by atoms with Crippen molar-refractivity contribution in [1.82, 2.24) is 0 Å². The van der Waals surface area contributed by atoms with Crippen molar-refractivity contribution in [1.29, 1.82) is 0 Å². The molecule has 0 atom stereocenters. The smallest absolute Gasteiger partial charge is 0.339 e. The van der Waals surface area contributed by atoms with Crippen LogP contribution in [0.4, 0.5) is 4.39 Å². The van der Waals surface area contributed by atoms with E-state index >= 15 is 0 Å². The fraction of sp³-hybridized carbons (Fsp3) is 0.353. The van der Waals surface area contributed by atoms with Gasteiger partial charge in [-0.1, -0.05) is 17.2 Å². The number of benzene rings is 1. The first-order chi connectivity index (χ1) is 9.90. The molecule has 0 aliphatic carbocycles. The maximum Gasteiger partial charge on any atom is 0.339 e. The second-order valence-electron chi connectivity index (χ2n) is 5.13. The molecule has 0 unspecified atom stereocenters. The van der Waals surface area contributed by atoms with Gasteiger partial charge in [-0.05, 0) is 57.9 Å². The van der Waals surface area contributed by atoms with E-state index in [9.17, 15) is 9.18 Å². The molecular weight excluding hydrogens is 271 g/mol. The third kappa shape index (κ3) is 6.25. The maximum atomic E-state index is 13.0. The van der Waals surface area contributed by atoms with Crippen molar-refractivity contribution in [3.05, 3.63) is 52.9 Å². The molecule has 21 heavy (non-hydrogen) atoms. The fourth-order valence-electron chi connectivity index (χ4n) is 1.76. The van der Waals surface area contributed by atoms with E-state index in [1.807, 2.05) is 13.0 Å². The van der Waals surface area contributed by atoms with Gasteiger partial charge in [0, 0.05) is 0 Å². The predicted molar refractivity (Wildman–Crippen MR) is 81.3 cm³/mol. The number of allylic oxidation sites excluding steroid dienone is 3. The van der Waals surface area contributed by atoms with Crippen molar-refractivity contribution < 1.29 is 19.0 Å². The second kappa shape index (κ2) is 8.25. The number of carboxylic acid groups (broad SMARTS) is 1. The molecule has 1 aromatic carbocycles. The van der Waals surface area contributed by atoms with E-state index in [4.69, 9.17) is 9.84 Å². The van der Waals surface area contributed by atoms with Gasteiger partial charge in [0.2, 0.25) is 0 Å². The van der Waals surface area contributed by atoms with E-state index in [1.54, 1.807) is 0 Å². The molecule has 4 heteroatoms. The lowest BCUT2D eigenvalue weighted by Crippen LogP contribution is -2.04. The van der Waals surface area contributed by atoms with E-state index in [0.29, 0.717) is 0 Å². The Morgan fingerprint density at radius 3 is 2.62 bits per heavy atom. The fourth-order valence-corrected chi connectivity index (χ4v) is 1.76. The second-order valence-corrected chi connectivity index (χ2v) is 5.13. The zero-order chi connectivity index (χ0) is 15.8. The molecule has 0 bridgehead atoms. The van der Waals surface area contributed by atoms with E-state index in [0.717, 1.165) is 18.9 Å². The van der Waals surface area contributed by atoms with E-state index < -0.39 is 11.8 Å². The Balaban J connectivity index is 2.59. The molecular formula is C17H21FO3. The van der Waals surface area contributed by atoms with E-state index in [1.165, 1.54) is 23.3 Å². The minimum absolute atomic E-state index is 0.161. The third-order valence-corrected chi connectivity index (χ3v) is 2.93. The Morgan fingerprint density at radius 2 is 2.00 bits per heavy atom. The Bertz CT molecular complexity index is 555. The standard InChI is InChI=1S/C17H21FO3/c1-12(2)5-4-6-13(3)9-10-21-16-8-7-14(18)11-15(16)17(19)20/h5,7-9,11H,4,6,10H2,1-3H3,(H,19,20)/b13-9+. The third-order valence-electron chi connectivity index (χ3n) is 2.93. The van der Waals surface area contributed by atoms with E-state index in [2.05, 4.69) is 19.9 Å². The normalized spacial score (nSPS) is 11.1. The van der Waals surface area contributed by atoms with Gasteiger partial charge < -0.3 is 9.84 Å². The number of ether oxygens (including phenoxy) is 1. The lowest BCUT2D eigenvalue weighted by Gasteiger charge is -2.08. The van der Waals surface area contributed by atoms with Crippen LogP contribution in [0.25, 0.3) is 0 Å². The van der Waals surface area contributed by atoms with Gasteiger partial charge in [-0.25, -0.2) is 9.18 Å². The molecule has 0 radical (unpaired) electrons. The molecule has 0 aromatic heterocycles. The summed E-state index contributed by atoms with van der Waals surface area (Å²) >= 11 is 0. The lowest BCUT2D eigenvalue weighted by molar-refractivity contribution is 0.0692. The molecule has 114 valence electrons. The Labute approximate surface area is 124 Å². The average Bonchev–Trinajstić information content (AvgIpc) is 2.39. The maximum absolute atomic E-state index is 13.0. The van der Waals surface area contributed by atoms with Crippen LogP contribution in [0, 0.1) is 5.82 Å². The quantitative estimate of drug-likeness (QED) is 0.747. The number of hydrogen-bond donors (Lipinski definition) is 1. The molecule has 0 amide bonds. The van der Waals surface area contributed by atoms with Crippen LogP contribution in [0.15, 0.2) is 41.5 Å². The molecule has 0 aliphatic rings. The highest BCUT2D eigenvalue weighted by Crippen LogP contribution is 2.20. The number of carbonyl (C=O) groups is 1. The first kappa shape index (κ1) is 17.0. The van der Waals surface area contributed by atoms with Crippen molar-refractivity contribution >= 4 is 5.97 Å². The zero-order valence-corrected chi connectivity index (χ0v) is 12.6. The summed E-state index contributed by atoms with van der Waals surface area (Å²) in [5.41, 5.74) is 2.30. The molecule has 1 aromatic rings. The summed E-state index contributed by atoms with van der Waals surface area (Å²) in [4.78, 5) is 11.0. The van der Waals surface area contributed by atoms with Crippen LogP contribution in [0.3, 0.4) is 0 Å². The number of hydrogen-bond acceptors (Lipinski definition) is 2. The van der Waals surface area contributed by atoms with Crippen molar-refractivity contribution in [2.75, 3.05) is 6.61 Å². The summed E-state index contributed by atoms with van der Waals surface area (Å²) in [6.45, 7) is 6.39. The number of rotatable bonds is 7. The molecule has 0 saturated heterocycles. The molecule has 1 rings (SSSR count). The number of halogens is 1. The summed E-state index contributed by atoms with van der Waals surface area (Å²) in [6.07, 6.45) is 5.99. The number of aromatic carboxylic acids is 1. The van der Waals surface area contributed by atoms with Crippen molar-refractivity contribution in [2.45, 2.75) is 33.6 Å². The molecule has 3 nitrogen and oxygen atoms in total. The number of carboxylic acids is 1. The van der Waals surface area contributed by atoms with Gasteiger partial charge >= 0.3 is 5.97 Å². The summed E-state index contributed by atoms with van der Waals surface area (Å²) in [6, 6.07) is 3.49. The van der Waals surface area contributed by atoms with Crippen LogP contribution in [-0.4, -0.2) is 17.7 Å². The molecule has 0 spiro atoms. The van der Waals surface area contributed by atoms with Crippen LogP contribution in [0.5, 0.6) is 5.75 Å². The topological polar surface area (TPSA) is 46.5 Å². The van der Waals surface area contributed by atoms with Gasteiger partial charge in [-0.2, -0.15) is 0 Å². The van der Waals surface area contributed by atoms with Gasteiger partial charge in [0.1, 0.15) is 23.7 Å². The summed E-state index contributed by atoms with van der Waals surface area (Å²) in [7, 11) is 0. The van der Waals surface area contributed by atoms with Gasteiger partial charge in [-0.3, -0.25) is 0 Å². The molecule has 1 N–H and O–H groups in total. The SMILES string of the molecule is CC(C)=CCC/C(C)=C/COc1ccc(F)cc1C(=O)O. The van der Waals surface area contributed by atoms with Crippen molar-refractivity contribution in [3.63, 3.8) is 0 Å². The Kier molecular flexibility index (Phi) is 6.66. The molecule has 0 saturated carbocycles. The minimum atomic E-state index is -1.20. The van der Waals surface area contributed by atoms with E-state index in [-0.39, 0.29) is 17.9 Å². The van der Waals surface area contributed by atoms with Crippen molar-refractivity contribution in [3.8, 4) is 5.75 Å². The highest BCUT2D eigenvalue weighted by molar-refractivity contribution is 5.90. The van der Waals surface area contributed by atoms with Crippen LogP contribution in [0.2, 0.25) is 0 Å². The monoisotopic (exact) mass is 292 g/mol. The zero-order valence-electron chi connectivity index (χ0n) is 12.6. The largest absolute Gasteiger partial charge is 0.489 e. The van der Waals surface area contributed by atoms with Gasteiger partial charge in [0.25, 0.3) is 0 Å². The summed E-state index contributed by atoms with van der Waals surface area (Å²) in [5, 5.41) is 9.00. The van der Waals surface area contributed by atoms with Crippen molar-refractivity contribution in [2.24, 2.45) is 0 Å². The van der Waals surface area contributed by atoms with Gasteiger partial charge in [0.15, 0.2) is 0 Å². The average molecular weight is 292 g/mol. The molecule has 0 aliphatic heterocycles. The highest BCUT2D eigenvalue weighted by atomic mass is 19.1. The van der Waals surface area contributed by atoms with Gasteiger partial charge in [0.05, 0.1) is 0 Å². The van der Waals surface area contributed by atoms with Gasteiger partial charge in [-0.15, -0.1) is 0 Å². The van der Waals surface area contributed by atoms with Crippen LogP contribution in [0.1, 0.15) is 44.0 Å². The summed E-state index contributed by atoms with van der Waals surface area (Å²) in [5.74, 6) is -1.61. The first-order valence-corrected chi connectivity index (χ1v) is 6.84. The highest BCUT2D eigenvalue weighted by Gasteiger charge is 2.12. The predicted octanol–water partition coefficient (Wildman–Crippen LogP) is 4.60. The van der Waals surface area contributed by atoms with Crippen LogP contribution >= 0.6 is 0 Å². The van der Waals surface area contributed by atoms with Crippen LogP contribution in [-0.2, 0) is 0 Å². The lowest BCUT2D eigenvalue weighted by atomic mass is 10.1. The first-order valence-electron chi connectivity index (χ1n) is 6.84. The van der Waals surface area contributed by atoms with Crippen LogP contribution < -0.4 is 4.74 Å². The Morgan fingerprint density at radius 1 is 1.29 bits per heavy atom.